The van der Waals surface area contributed by atoms with Crippen LogP contribution in [0.25, 0.3) is 0 Å². The van der Waals surface area contributed by atoms with Crippen molar-refractivity contribution in [2.24, 2.45) is 5.92 Å². The molecule has 27 nitrogen and oxygen atoms in total. The number of carbonyl (C=O) groups excluding carboxylic acids is 9. The fourth-order valence-electron chi connectivity index (χ4n) is 11.1. The van der Waals surface area contributed by atoms with Crippen molar-refractivity contribution in [3.8, 4) is 0 Å². The number of hydrogen-bond acceptors (Lipinski definition) is 24. The molecule has 1 spiro atoms. The zero-order valence-corrected chi connectivity index (χ0v) is 56.9. The number of aliphatic carboxylic acids is 1. The zero-order valence-electron chi connectivity index (χ0n) is 52.0. The number of halogens is 4. The summed E-state index contributed by atoms with van der Waals surface area (Å²) in [5, 5.41) is 71.3. The molecule has 2 fully saturated rings. The van der Waals surface area contributed by atoms with Crippen molar-refractivity contribution in [2.45, 2.75) is 103 Å². The van der Waals surface area contributed by atoms with Crippen LogP contribution in [0, 0.1) is 29.2 Å². The highest BCUT2D eigenvalue weighted by Gasteiger charge is 2.61. The molecule has 99 heavy (non-hydrogen) atoms. The largest absolute Gasteiger partial charge is 0.491 e. The molecule has 0 aliphatic carbocycles. The summed E-state index contributed by atoms with van der Waals surface area (Å²) in [6.07, 6.45) is 1.43. The van der Waals surface area contributed by atoms with Crippen molar-refractivity contribution in [3.63, 3.8) is 0 Å². The van der Waals surface area contributed by atoms with Crippen LogP contribution in [0.15, 0.2) is 48.5 Å². The van der Waals surface area contributed by atoms with E-state index in [-0.39, 0.29) is 160 Å². The first kappa shape index (κ1) is 75.2. The van der Waals surface area contributed by atoms with Gasteiger partial charge in [0.15, 0.2) is 12.6 Å². The van der Waals surface area contributed by atoms with Crippen LogP contribution in [-0.2, 0) is 73.8 Å². The van der Waals surface area contributed by atoms with Gasteiger partial charge in [-0.15, -0.1) is 0 Å². The van der Waals surface area contributed by atoms with E-state index < -0.39 is 140 Å². The summed E-state index contributed by atoms with van der Waals surface area (Å²) in [7, 11) is 2.52. The second-order valence-corrected chi connectivity index (χ2v) is 32.8. The minimum absolute atomic E-state index is 0.000788. The Labute approximate surface area is 587 Å². The maximum atomic E-state index is 14.9. The summed E-state index contributed by atoms with van der Waals surface area (Å²) in [6.45, 7) is -2.36. The Bertz CT molecular complexity index is 3860. The Kier molecular flexibility index (Phi) is 25.5. The lowest BCUT2D eigenvalue weighted by Gasteiger charge is -2.39. The minimum atomic E-state index is -1.56. The average molecular weight is 1490 g/mol. The molecule has 6 aliphatic rings. The Balaban J connectivity index is 0.653. The highest BCUT2D eigenvalue weighted by atomic mass is 33.2. The topological polar surface area (TPSA) is 405 Å². The fraction of sp³-hybridized carbons (Fsp3) is 0.414. The van der Waals surface area contributed by atoms with Crippen LogP contribution in [0.1, 0.15) is 121 Å². The molecule has 3 atom stereocenters. The summed E-state index contributed by atoms with van der Waals surface area (Å²) < 4.78 is 78.0. The van der Waals surface area contributed by atoms with Gasteiger partial charge in [0.25, 0.3) is 23.6 Å². The van der Waals surface area contributed by atoms with Gasteiger partial charge in [0, 0.05) is 103 Å². The minimum Gasteiger partial charge on any atom is -0.481 e. The van der Waals surface area contributed by atoms with Crippen LogP contribution in [0.3, 0.4) is 0 Å². The van der Waals surface area contributed by atoms with Crippen LogP contribution in [0.5, 0.6) is 0 Å². The number of benzene rings is 4. The van der Waals surface area contributed by atoms with E-state index in [0.717, 1.165) is 24.3 Å². The lowest BCUT2D eigenvalue weighted by Crippen LogP contribution is -2.53. The van der Waals surface area contributed by atoms with E-state index in [9.17, 15) is 90.7 Å². The SMILES string of the molecule is O=C(CCNC(=O)[C@H](CNC(=O)c1cc(F)c2c(c1)B(O)OC2)NC(=O)c1cc(F)c2c(c1)B(O)OC2)NCCCCCC(=O)C1([C@@H](CCCCNC(=O)CCNC(=O)[C@H](CNC(=O)c2cc(F)c3c(c2)B(O)OC3)NC(=O)c2cc(F)c3c(c2)B(O)OC3)C(=O)O)SSC2(SS2)SS1. The molecule has 4 aromatic carbocycles. The number of Topliss-reactive ketones (excluding diaryl/α,β-unsaturated/α-hetero) is 1. The van der Waals surface area contributed by atoms with Crippen LogP contribution in [-0.4, -0.2) is 171 Å². The highest BCUT2D eigenvalue weighted by Crippen LogP contribution is 2.86. The lowest BCUT2D eigenvalue weighted by atomic mass is 9.78. The quantitative estimate of drug-likeness (QED) is 0.00972. The van der Waals surface area contributed by atoms with Crippen molar-refractivity contribution in [2.75, 3.05) is 39.3 Å². The molecular formula is C58H62B4F4N8O19S6. The molecule has 0 radical (unpaired) electrons. The summed E-state index contributed by atoms with van der Waals surface area (Å²) in [5.74, 6) is -12.4. The van der Waals surface area contributed by atoms with Crippen molar-refractivity contribution in [1.29, 1.82) is 0 Å². The number of hydrogen-bond donors (Lipinski definition) is 13. The van der Waals surface area contributed by atoms with Gasteiger partial charge >= 0.3 is 34.4 Å². The Morgan fingerprint density at radius 2 is 0.788 bits per heavy atom. The van der Waals surface area contributed by atoms with E-state index in [1.807, 2.05) is 0 Å². The van der Waals surface area contributed by atoms with Gasteiger partial charge in [0.2, 0.25) is 23.6 Å². The number of carboxylic acid groups (broad SMARTS) is 1. The van der Waals surface area contributed by atoms with E-state index in [1.165, 1.54) is 67.4 Å². The van der Waals surface area contributed by atoms with Gasteiger partial charge in [-0.25, -0.2) is 17.6 Å². The molecule has 0 aromatic heterocycles. The molecule has 8 amide bonds. The maximum absolute atomic E-state index is 14.9. The number of unbranched alkanes of at least 4 members (excludes halogenated alkanes) is 3. The van der Waals surface area contributed by atoms with Crippen molar-refractivity contribution in [1.82, 2.24) is 42.5 Å². The molecule has 41 heteroatoms. The molecular weight excluding hydrogens is 1420 g/mol. The third-order valence-corrected chi connectivity index (χ3v) is 31.0. The monoisotopic (exact) mass is 1490 g/mol. The molecule has 0 saturated carbocycles. The fourth-order valence-corrected chi connectivity index (χ4v) is 25.2. The van der Waals surface area contributed by atoms with E-state index in [1.54, 1.807) is 21.6 Å². The van der Waals surface area contributed by atoms with Gasteiger partial charge in [-0.3, -0.25) is 47.9 Å². The zero-order chi connectivity index (χ0) is 70.9. The maximum Gasteiger partial charge on any atom is 0.491 e. The molecule has 2 saturated heterocycles. The molecule has 10 rings (SSSR count). The average Bonchev–Trinajstić information content (AvgIpc) is 1.65. The first-order valence-corrected chi connectivity index (χ1v) is 37.4. The van der Waals surface area contributed by atoms with Crippen molar-refractivity contribution >= 4 is 174 Å². The van der Waals surface area contributed by atoms with Gasteiger partial charge in [-0.2, -0.15) is 0 Å². The molecule has 524 valence electrons. The van der Waals surface area contributed by atoms with Crippen LogP contribution in [0.4, 0.5) is 17.6 Å². The predicted molar refractivity (Wildman–Crippen MR) is 363 cm³/mol. The first-order chi connectivity index (χ1) is 47.3. The second kappa shape index (κ2) is 33.6. The van der Waals surface area contributed by atoms with E-state index >= 15 is 0 Å². The second-order valence-electron chi connectivity index (χ2n) is 23.3. The van der Waals surface area contributed by atoms with Gasteiger partial charge in [0.1, 0.15) is 35.4 Å². The summed E-state index contributed by atoms with van der Waals surface area (Å²) in [6, 6.07) is 5.27. The number of ketones is 1. The van der Waals surface area contributed by atoms with E-state index in [0.29, 0.717) is 25.7 Å². The van der Waals surface area contributed by atoms with Crippen molar-refractivity contribution in [3.05, 3.63) is 116 Å². The smallest absolute Gasteiger partial charge is 0.481 e. The van der Waals surface area contributed by atoms with Crippen LogP contribution >= 0.6 is 64.8 Å². The number of nitrogens with one attached hydrogen (secondary N) is 8. The number of rotatable bonds is 32. The van der Waals surface area contributed by atoms with E-state index in [2.05, 4.69) is 42.5 Å². The molecule has 4 aromatic rings. The van der Waals surface area contributed by atoms with Crippen molar-refractivity contribution < 1.29 is 109 Å². The Morgan fingerprint density at radius 3 is 1.15 bits per heavy atom. The predicted octanol–water partition coefficient (Wildman–Crippen LogP) is -0.405. The first-order valence-electron chi connectivity index (χ1n) is 31.0. The van der Waals surface area contributed by atoms with E-state index in [4.69, 9.17) is 18.6 Å². The molecule has 0 unspecified atom stereocenters. The standard InChI is InChI=1S/C58H62B4F4N8O19S6/c63-41-18-28(14-37-32(41)24-90-59(37)86)50(78)71-22-45(73-52(80)30-16-39-34(43(65)20-30)26-92-61(39)88)54(82)69-12-8-48(76)67-10-4-1-2-7-47(75)57(94-96-58(97-95-57)98-99-58)36(56(84)85)6-3-5-11-68-49(77)9-13-70-55(83)46(74-53(81)31-17-40-35(44(66)21-31)27-93-62(40)89)23-72-51(79)29-15-38-33(42(64)19-29)25-91-60(38)87/h14-21,36,45-46,86-89H,1-13,22-27H2,(H,67,76)(H,68,77)(H,69,82)(H,70,83)(H,71,78)(H,72,79)(H,73,80)(H,74,81)(H,84,85)/t36-,45-,46-/m0/s1. The normalized spacial score (nSPS) is 16.7. The third kappa shape index (κ3) is 18.4. The summed E-state index contributed by atoms with van der Waals surface area (Å²) >= 11 is 0. The molecule has 6 aliphatic heterocycles. The third-order valence-electron chi connectivity index (χ3n) is 16.6. The Morgan fingerprint density at radius 1 is 0.434 bits per heavy atom. The van der Waals surface area contributed by atoms with Gasteiger partial charge < -0.3 is 86.4 Å². The van der Waals surface area contributed by atoms with Crippen LogP contribution in [0.2, 0.25) is 0 Å². The summed E-state index contributed by atoms with van der Waals surface area (Å²) in [5.41, 5.74) is -0.795. The van der Waals surface area contributed by atoms with Gasteiger partial charge in [0.05, 0.1) is 32.3 Å². The number of carbonyl (C=O) groups is 10. The lowest BCUT2D eigenvalue weighted by molar-refractivity contribution is -0.144. The molecule has 6 heterocycles. The van der Waals surface area contributed by atoms with Gasteiger partial charge in [-0.05, 0) is 139 Å². The Hall–Kier alpha value is -6.46. The van der Waals surface area contributed by atoms with Crippen LogP contribution < -0.4 is 64.4 Å². The molecule has 0 bridgehead atoms. The molecule has 13 N–H and O–H groups in total. The highest BCUT2D eigenvalue weighted by molar-refractivity contribution is 9.14. The summed E-state index contributed by atoms with van der Waals surface area (Å²) in [4.78, 5) is 134. The number of amides is 8. The number of carboxylic acids is 1. The van der Waals surface area contributed by atoms with Gasteiger partial charge in [-0.1, -0.05) is 34.4 Å². The number of fused-ring (bicyclic) bond motifs is 4.